The third-order valence-corrected chi connectivity index (χ3v) is 7.33. The Hall–Kier alpha value is -3.56. The first-order chi connectivity index (χ1) is 18.9. The third kappa shape index (κ3) is 7.10. The zero-order chi connectivity index (χ0) is 27.8. The predicted octanol–water partition coefficient (Wildman–Crippen LogP) is 7.15. The highest BCUT2D eigenvalue weighted by molar-refractivity contribution is 9.10. The number of halogens is 1. The summed E-state index contributed by atoms with van der Waals surface area (Å²) in [6, 6.07) is 22.9. The molecule has 0 aliphatic carbocycles. The van der Waals surface area contributed by atoms with E-state index < -0.39 is 5.97 Å². The second-order valence-corrected chi connectivity index (χ2v) is 10.3. The molecule has 0 spiro atoms. The van der Waals surface area contributed by atoms with Crippen LogP contribution in [-0.4, -0.2) is 41.8 Å². The molecule has 7 nitrogen and oxygen atoms in total. The molecule has 0 bridgehead atoms. The first-order valence-corrected chi connectivity index (χ1v) is 14.2. The molecule has 1 atom stereocenters. The summed E-state index contributed by atoms with van der Waals surface area (Å²) in [6.45, 7) is 6.02. The fourth-order valence-corrected chi connectivity index (χ4v) is 5.60. The molecule has 202 valence electrons. The van der Waals surface area contributed by atoms with Crippen molar-refractivity contribution in [2.45, 2.75) is 26.8 Å². The summed E-state index contributed by atoms with van der Waals surface area (Å²) in [5.74, 6) is 0.237. The molecule has 1 saturated heterocycles. The molecule has 9 heteroatoms. The molecule has 39 heavy (non-hydrogen) atoms. The molecule has 0 N–H and O–H groups in total. The van der Waals surface area contributed by atoms with E-state index in [4.69, 9.17) is 19.2 Å². The van der Waals surface area contributed by atoms with Crippen molar-refractivity contribution < 1.29 is 23.8 Å². The number of nitrogens with zero attached hydrogens (tertiary/aromatic N) is 2. The van der Waals surface area contributed by atoms with Gasteiger partial charge in [0, 0.05) is 0 Å². The topological polar surface area (TPSA) is 77.4 Å². The number of thioether (sulfide) groups is 1. The fraction of sp³-hybridized carbons (Fsp3) is 0.233. The summed E-state index contributed by atoms with van der Waals surface area (Å²) in [6.07, 6.45) is 1.81. The van der Waals surface area contributed by atoms with E-state index in [1.165, 1.54) is 11.8 Å². The van der Waals surface area contributed by atoms with Crippen LogP contribution in [0.2, 0.25) is 0 Å². The summed E-state index contributed by atoms with van der Waals surface area (Å²) < 4.78 is 17.0. The highest BCUT2D eigenvalue weighted by Gasteiger charge is 2.37. The number of ether oxygens (including phenoxy) is 3. The number of aliphatic imine (C=N–C) groups is 1. The van der Waals surface area contributed by atoms with Gasteiger partial charge in [0.2, 0.25) is 0 Å². The van der Waals surface area contributed by atoms with Gasteiger partial charge >= 0.3 is 5.97 Å². The van der Waals surface area contributed by atoms with Gasteiger partial charge < -0.3 is 14.2 Å². The molecule has 4 rings (SSSR count). The maximum absolute atomic E-state index is 13.8. The van der Waals surface area contributed by atoms with Gasteiger partial charge in [-0.15, -0.1) is 0 Å². The summed E-state index contributed by atoms with van der Waals surface area (Å²) in [5, 5.41) is 0.604. The van der Waals surface area contributed by atoms with E-state index in [9.17, 15) is 9.59 Å². The molecular weight excluding hydrogens is 580 g/mol. The number of rotatable bonds is 10. The maximum Gasteiger partial charge on any atom is 0.344 e. The molecule has 0 unspecified atom stereocenters. The van der Waals surface area contributed by atoms with Gasteiger partial charge in [-0.1, -0.05) is 48.5 Å². The van der Waals surface area contributed by atoms with E-state index in [-0.39, 0.29) is 25.2 Å². The van der Waals surface area contributed by atoms with Crippen molar-refractivity contribution in [3.8, 4) is 11.5 Å². The van der Waals surface area contributed by atoms with Crippen molar-refractivity contribution in [2.24, 2.45) is 4.99 Å². The van der Waals surface area contributed by atoms with Crippen LogP contribution in [0, 0.1) is 0 Å². The van der Waals surface area contributed by atoms with Gasteiger partial charge in [0.25, 0.3) is 5.91 Å². The Morgan fingerprint density at radius 3 is 2.38 bits per heavy atom. The first-order valence-electron chi connectivity index (χ1n) is 12.6. The Balaban J connectivity index is 1.69. The van der Waals surface area contributed by atoms with E-state index in [1.54, 1.807) is 17.9 Å². The number of hydrogen-bond donors (Lipinski definition) is 0. The monoisotopic (exact) mass is 608 g/mol. The molecule has 1 aliphatic rings. The van der Waals surface area contributed by atoms with Crippen LogP contribution in [0.4, 0.5) is 5.69 Å². The highest BCUT2D eigenvalue weighted by atomic mass is 79.9. The molecule has 1 aliphatic heterocycles. The van der Waals surface area contributed by atoms with Crippen LogP contribution in [0.1, 0.15) is 37.9 Å². The van der Waals surface area contributed by atoms with E-state index >= 15 is 0 Å². The summed E-state index contributed by atoms with van der Waals surface area (Å²) in [7, 11) is 0. The van der Waals surface area contributed by atoms with Crippen LogP contribution in [0.5, 0.6) is 11.5 Å². The Morgan fingerprint density at radius 1 is 1.03 bits per heavy atom. The molecule has 0 saturated carbocycles. The number of carbonyl (C=O) groups excluding carboxylic acids is 2. The van der Waals surface area contributed by atoms with E-state index in [1.807, 2.05) is 86.7 Å². The van der Waals surface area contributed by atoms with Crippen molar-refractivity contribution in [3.05, 3.63) is 93.3 Å². The molecule has 3 aromatic carbocycles. The lowest BCUT2D eigenvalue weighted by Gasteiger charge is -2.24. The molecule has 3 aromatic rings. The van der Waals surface area contributed by atoms with Gasteiger partial charge in [-0.2, -0.15) is 0 Å². The Bertz CT molecular complexity index is 1380. The molecular formula is C30H29BrN2O5S. The number of benzene rings is 3. The van der Waals surface area contributed by atoms with Crippen molar-refractivity contribution in [1.29, 1.82) is 0 Å². The Kier molecular flexibility index (Phi) is 9.84. The van der Waals surface area contributed by atoms with E-state index in [0.717, 1.165) is 16.8 Å². The largest absolute Gasteiger partial charge is 0.490 e. The van der Waals surface area contributed by atoms with Crippen LogP contribution in [-0.2, 0) is 14.3 Å². The predicted molar refractivity (Wildman–Crippen MR) is 158 cm³/mol. The number of carbonyl (C=O) groups is 2. The molecule has 1 heterocycles. The lowest BCUT2D eigenvalue weighted by Crippen LogP contribution is -2.32. The van der Waals surface area contributed by atoms with Crippen molar-refractivity contribution in [2.75, 3.05) is 19.8 Å². The molecule has 1 fully saturated rings. The lowest BCUT2D eigenvalue weighted by atomic mass is 10.1. The van der Waals surface area contributed by atoms with Crippen LogP contribution >= 0.6 is 27.7 Å². The normalized spacial score (nSPS) is 16.0. The smallest absolute Gasteiger partial charge is 0.344 e. The minimum absolute atomic E-state index is 0.136. The second-order valence-electron chi connectivity index (χ2n) is 8.46. The van der Waals surface area contributed by atoms with Gasteiger partial charge in [0.15, 0.2) is 23.3 Å². The number of hydrogen-bond acceptors (Lipinski definition) is 7. The minimum atomic E-state index is -0.469. The fourth-order valence-electron chi connectivity index (χ4n) is 3.96. The number of para-hydroxylation sites is 1. The van der Waals surface area contributed by atoms with Crippen LogP contribution < -0.4 is 9.47 Å². The standard InChI is InChI=1S/C30H29BrN2O5S/c1-4-36-25-17-21(16-24(31)28(25)38-19-27(34)37-5-2)18-26-29(35)33(20(3)22-12-8-6-9-13-22)30(39-26)32-23-14-10-7-11-15-23/h6-18,20H,4-5,19H2,1-3H3/b26-18+,32-30?/t20-/m1/s1. The average Bonchev–Trinajstić information content (AvgIpc) is 3.23. The first kappa shape index (κ1) is 28.4. The zero-order valence-corrected chi connectivity index (χ0v) is 24.3. The van der Waals surface area contributed by atoms with Crippen molar-refractivity contribution in [3.63, 3.8) is 0 Å². The minimum Gasteiger partial charge on any atom is -0.490 e. The zero-order valence-electron chi connectivity index (χ0n) is 21.9. The maximum atomic E-state index is 13.8. The summed E-state index contributed by atoms with van der Waals surface area (Å²) in [5.41, 5.74) is 2.51. The summed E-state index contributed by atoms with van der Waals surface area (Å²) >= 11 is 4.86. The highest BCUT2D eigenvalue weighted by Crippen LogP contribution is 2.41. The van der Waals surface area contributed by atoms with Gasteiger partial charge in [-0.3, -0.25) is 9.69 Å². The number of amidine groups is 1. The molecule has 1 amide bonds. The lowest BCUT2D eigenvalue weighted by molar-refractivity contribution is -0.145. The SMILES string of the molecule is CCOC(=O)COc1c(Br)cc(/C=C2/SC(=Nc3ccccc3)N([C@H](C)c3ccccc3)C2=O)cc1OCC. The van der Waals surface area contributed by atoms with Gasteiger partial charge in [0.1, 0.15) is 0 Å². The number of esters is 1. The Morgan fingerprint density at radius 2 is 1.72 bits per heavy atom. The van der Waals surface area contributed by atoms with Crippen LogP contribution in [0.15, 0.2) is 87.2 Å². The van der Waals surface area contributed by atoms with Crippen LogP contribution in [0.3, 0.4) is 0 Å². The second kappa shape index (κ2) is 13.5. The third-order valence-electron chi connectivity index (χ3n) is 5.76. The van der Waals surface area contributed by atoms with Crippen molar-refractivity contribution >= 4 is 56.5 Å². The van der Waals surface area contributed by atoms with E-state index in [0.29, 0.717) is 32.7 Å². The summed E-state index contributed by atoms with van der Waals surface area (Å²) in [4.78, 5) is 32.6. The van der Waals surface area contributed by atoms with E-state index in [2.05, 4.69) is 15.9 Å². The van der Waals surface area contributed by atoms with Gasteiger partial charge in [0.05, 0.1) is 34.3 Å². The quantitative estimate of drug-likeness (QED) is 0.179. The molecule has 0 aromatic heterocycles. The van der Waals surface area contributed by atoms with Crippen molar-refractivity contribution in [1.82, 2.24) is 4.90 Å². The Labute approximate surface area is 241 Å². The number of amides is 1. The van der Waals surface area contributed by atoms with Gasteiger partial charge in [-0.05, 0) is 89.9 Å². The average molecular weight is 610 g/mol. The molecule has 0 radical (unpaired) electrons. The van der Waals surface area contributed by atoms with Crippen LogP contribution in [0.25, 0.3) is 6.08 Å². The van der Waals surface area contributed by atoms with Gasteiger partial charge in [-0.25, -0.2) is 9.79 Å².